The van der Waals surface area contributed by atoms with Crippen molar-refractivity contribution in [3.8, 4) is 0 Å². The van der Waals surface area contributed by atoms with E-state index in [-0.39, 0.29) is 0 Å². The highest BCUT2D eigenvalue weighted by atomic mass is 14.9. The second-order valence-electron chi connectivity index (χ2n) is 2.30. The summed E-state index contributed by atoms with van der Waals surface area (Å²) in [7, 11) is 0. The highest BCUT2D eigenvalue weighted by Gasteiger charge is 1.97. The molecule has 1 rings (SSSR count). The molecule has 0 aliphatic carbocycles. The van der Waals surface area contributed by atoms with Gasteiger partial charge in [-0.15, -0.1) is 0 Å². The highest BCUT2D eigenvalue weighted by Crippen LogP contribution is 2.13. The second-order valence-corrected chi connectivity index (χ2v) is 2.30. The quantitative estimate of drug-likeness (QED) is 0.596. The van der Waals surface area contributed by atoms with E-state index in [1.54, 1.807) is 6.07 Å². The molecule has 1 heterocycles. The standard InChI is InChI=1S/C8H10N4.2C2H6/c1-6-2-3-7(4-9)12-8(6)11-5-10;2*1-2/h2-5,9H,1H3,(H2,10,11,12);2*1-2H3. The number of nitrogens with two attached hydrogens (primary N) is 1. The lowest BCUT2D eigenvalue weighted by Gasteiger charge is -1.98. The van der Waals surface area contributed by atoms with E-state index in [0.717, 1.165) is 5.56 Å². The number of aryl methyl sites for hydroxylation is 1. The van der Waals surface area contributed by atoms with E-state index in [9.17, 15) is 0 Å². The minimum absolute atomic E-state index is 0.568. The summed E-state index contributed by atoms with van der Waals surface area (Å²) in [6.07, 6.45) is 2.37. The predicted octanol–water partition coefficient (Wildman–Crippen LogP) is 3.06. The number of nitrogens with zero attached hydrogens (tertiary/aromatic N) is 2. The fraction of sp³-hybridized carbons (Fsp3) is 0.417. The number of hydrogen-bond acceptors (Lipinski definition) is 3. The van der Waals surface area contributed by atoms with Gasteiger partial charge >= 0.3 is 0 Å². The van der Waals surface area contributed by atoms with E-state index in [0.29, 0.717) is 11.5 Å². The number of aromatic nitrogens is 1. The van der Waals surface area contributed by atoms with Crippen molar-refractivity contribution in [2.24, 2.45) is 10.7 Å². The Morgan fingerprint density at radius 2 is 1.81 bits per heavy atom. The first-order chi connectivity index (χ1) is 7.77. The zero-order chi connectivity index (χ0) is 13.0. The fourth-order valence-electron chi connectivity index (χ4n) is 0.814. The van der Waals surface area contributed by atoms with Crippen molar-refractivity contribution in [2.45, 2.75) is 34.6 Å². The van der Waals surface area contributed by atoms with Crippen LogP contribution in [0.5, 0.6) is 0 Å². The van der Waals surface area contributed by atoms with Crippen LogP contribution in [0.1, 0.15) is 39.0 Å². The van der Waals surface area contributed by atoms with Crippen LogP contribution in [-0.4, -0.2) is 17.5 Å². The summed E-state index contributed by atoms with van der Waals surface area (Å²) in [5.41, 5.74) is 6.66. The van der Waals surface area contributed by atoms with Gasteiger partial charge in [0.2, 0.25) is 0 Å². The van der Waals surface area contributed by atoms with Gasteiger partial charge in [0.05, 0.1) is 12.0 Å². The Hall–Kier alpha value is -1.71. The van der Waals surface area contributed by atoms with Gasteiger partial charge in [-0.2, -0.15) is 0 Å². The molecule has 0 fully saturated rings. The maximum Gasteiger partial charge on any atom is 0.157 e. The van der Waals surface area contributed by atoms with E-state index < -0.39 is 0 Å². The molecule has 0 saturated carbocycles. The Morgan fingerprint density at radius 1 is 1.25 bits per heavy atom. The Kier molecular flexibility index (Phi) is 11.9. The SMILES string of the molecule is CC.CC.Cc1ccc(C=N)nc1N=CN. The smallest absolute Gasteiger partial charge is 0.157 e. The predicted molar refractivity (Wildman–Crippen MR) is 71.9 cm³/mol. The lowest BCUT2D eigenvalue weighted by atomic mass is 10.2. The Labute approximate surface area is 98.1 Å². The van der Waals surface area contributed by atoms with Crippen molar-refractivity contribution in [3.63, 3.8) is 0 Å². The maximum atomic E-state index is 6.97. The van der Waals surface area contributed by atoms with Crippen molar-refractivity contribution in [1.82, 2.24) is 4.98 Å². The number of aliphatic imine (C=N–C) groups is 1. The van der Waals surface area contributed by atoms with Crippen LogP contribution in [0.15, 0.2) is 17.1 Å². The van der Waals surface area contributed by atoms with Crippen molar-refractivity contribution in [3.05, 3.63) is 23.4 Å². The molecule has 0 spiro atoms. The van der Waals surface area contributed by atoms with Gasteiger partial charge in [0, 0.05) is 6.21 Å². The van der Waals surface area contributed by atoms with Gasteiger partial charge in [0.15, 0.2) is 5.82 Å². The lowest BCUT2D eigenvalue weighted by molar-refractivity contribution is 1.21. The molecule has 0 bridgehead atoms. The van der Waals surface area contributed by atoms with Crippen LogP contribution in [0.3, 0.4) is 0 Å². The molecule has 4 heteroatoms. The molecule has 1 aromatic rings. The zero-order valence-corrected chi connectivity index (χ0v) is 10.8. The maximum absolute atomic E-state index is 6.97. The van der Waals surface area contributed by atoms with Gasteiger partial charge < -0.3 is 11.1 Å². The molecule has 1 aromatic heterocycles. The molecular weight excluding hydrogens is 200 g/mol. The minimum Gasteiger partial charge on any atom is -0.390 e. The Morgan fingerprint density at radius 3 is 2.25 bits per heavy atom. The summed E-state index contributed by atoms with van der Waals surface area (Å²) in [6.45, 7) is 9.89. The van der Waals surface area contributed by atoms with Gasteiger partial charge in [-0.05, 0) is 18.6 Å². The molecule has 0 saturated heterocycles. The summed E-state index contributed by atoms with van der Waals surface area (Å²) < 4.78 is 0. The lowest BCUT2D eigenvalue weighted by Crippen LogP contribution is -1.92. The van der Waals surface area contributed by atoms with Gasteiger partial charge in [0.1, 0.15) is 0 Å². The molecule has 0 amide bonds. The largest absolute Gasteiger partial charge is 0.390 e. The second kappa shape index (κ2) is 11.4. The summed E-state index contributed by atoms with van der Waals surface area (Å²) in [6, 6.07) is 3.62. The number of nitrogens with one attached hydrogen (secondary N) is 1. The molecule has 4 nitrogen and oxygen atoms in total. The first-order valence-corrected chi connectivity index (χ1v) is 5.50. The average Bonchev–Trinajstić information content (AvgIpc) is 2.37. The minimum atomic E-state index is 0.568. The third-order valence-electron chi connectivity index (χ3n) is 1.44. The molecule has 90 valence electrons. The first kappa shape index (κ1) is 16.7. The normalized spacial score (nSPS) is 8.56. The third kappa shape index (κ3) is 5.90. The molecule has 0 atom stereocenters. The molecule has 3 N–H and O–H groups in total. The molecule has 0 radical (unpaired) electrons. The van der Waals surface area contributed by atoms with Gasteiger partial charge in [-0.25, -0.2) is 9.98 Å². The van der Waals surface area contributed by atoms with Crippen LogP contribution < -0.4 is 5.73 Å². The molecule has 0 aromatic carbocycles. The van der Waals surface area contributed by atoms with E-state index in [1.807, 2.05) is 40.7 Å². The van der Waals surface area contributed by atoms with E-state index in [4.69, 9.17) is 11.1 Å². The van der Waals surface area contributed by atoms with Crippen LogP contribution >= 0.6 is 0 Å². The van der Waals surface area contributed by atoms with Crippen LogP contribution in [0.2, 0.25) is 0 Å². The number of rotatable bonds is 2. The van der Waals surface area contributed by atoms with E-state index in [2.05, 4.69) is 9.98 Å². The summed E-state index contributed by atoms with van der Waals surface area (Å²) in [4.78, 5) is 7.91. The van der Waals surface area contributed by atoms with Crippen LogP contribution in [0.25, 0.3) is 0 Å². The van der Waals surface area contributed by atoms with Crippen LogP contribution in [-0.2, 0) is 0 Å². The van der Waals surface area contributed by atoms with Crippen molar-refractivity contribution < 1.29 is 0 Å². The molecule has 16 heavy (non-hydrogen) atoms. The summed E-state index contributed by atoms with van der Waals surface area (Å²) in [5.74, 6) is 0.568. The van der Waals surface area contributed by atoms with Gasteiger partial charge in [0.25, 0.3) is 0 Å². The van der Waals surface area contributed by atoms with E-state index >= 15 is 0 Å². The van der Waals surface area contributed by atoms with E-state index in [1.165, 1.54) is 12.6 Å². The average molecular weight is 222 g/mol. The highest BCUT2D eigenvalue weighted by molar-refractivity contribution is 5.75. The van der Waals surface area contributed by atoms with Crippen molar-refractivity contribution >= 4 is 18.4 Å². The van der Waals surface area contributed by atoms with Crippen molar-refractivity contribution in [2.75, 3.05) is 0 Å². The monoisotopic (exact) mass is 222 g/mol. The van der Waals surface area contributed by atoms with Crippen LogP contribution in [0, 0.1) is 12.3 Å². The topological polar surface area (TPSA) is 75.1 Å². The summed E-state index contributed by atoms with van der Waals surface area (Å²) >= 11 is 0. The fourth-order valence-corrected chi connectivity index (χ4v) is 0.814. The molecular formula is C12H22N4. The Balaban J connectivity index is 0. The van der Waals surface area contributed by atoms with Crippen molar-refractivity contribution in [1.29, 1.82) is 5.41 Å². The number of pyridine rings is 1. The van der Waals surface area contributed by atoms with Gasteiger partial charge in [-0.3, -0.25) is 0 Å². The first-order valence-electron chi connectivity index (χ1n) is 5.50. The third-order valence-corrected chi connectivity index (χ3v) is 1.44. The summed E-state index contributed by atoms with van der Waals surface area (Å²) in [5, 5.41) is 6.97. The van der Waals surface area contributed by atoms with Crippen LogP contribution in [0.4, 0.5) is 5.82 Å². The molecule has 0 aliphatic rings. The molecule has 0 aliphatic heterocycles. The Bertz CT molecular complexity index is 319. The zero-order valence-electron chi connectivity index (χ0n) is 10.8. The molecule has 0 unspecified atom stereocenters. The van der Waals surface area contributed by atoms with Gasteiger partial charge in [-0.1, -0.05) is 33.8 Å². The number of hydrogen-bond donors (Lipinski definition) is 2.